The Kier molecular flexibility index (Phi) is 7.67. The number of H-pyrrole nitrogens is 1. The first-order chi connectivity index (χ1) is 20.4. The summed E-state index contributed by atoms with van der Waals surface area (Å²) in [6, 6.07) is 0.464. The van der Waals surface area contributed by atoms with Crippen LogP contribution in [0, 0.1) is 5.92 Å². The number of hydrogen-bond acceptors (Lipinski definition) is 8. The molecule has 10 nitrogen and oxygen atoms in total. The summed E-state index contributed by atoms with van der Waals surface area (Å²) in [6.45, 7) is 1.91. The van der Waals surface area contributed by atoms with E-state index in [9.17, 15) is 35.9 Å². The molecule has 2 aromatic rings. The number of piperazine rings is 1. The van der Waals surface area contributed by atoms with Gasteiger partial charge in [-0.2, -0.15) is 31.4 Å². The minimum absolute atomic E-state index is 0.0165. The van der Waals surface area contributed by atoms with Crippen LogP contribution in [0.15, 0.2) is 23.3 Å². The molecule has 0 aromatic carbocycles. The van der Waals surface area contributed by atoms with Crippen molar-refractivity contribution in [1.82, 2.24) is 20.1 Å². The SMILES string of the molecule is O=C(C1CC(OCC2CCCN2c2cn[nH]c(=O)c2C(F)(F)F)C1)N1CCN2c3ncc(C(F)(F)F)cc3OCCC2C1. The van der Waals surface area contributed by atoms with Crippen LogP contribution in [0.5, 0.6) is 5.75 Å². The number of amides is 1. The van der Waals surface area contributed by atoms with Crippen LogP contribution in [0.25, 0.3) is 0 Å². The highest BCUT2D eigenvalue weighted by molar-refractivity contribution is 5.80. The topological polar surface area (TPSA) is 104 Å². The molecule has 2 atom stereocenters. The molecular formula is C27H30F6N6O4. The lowest BCUT2D eigenvalue weighted by molar-refractivity contribution is -0.145. The third-order valence-corrected chi connectivity index (χ3v) is 8.71. The number of alkyl halides is 6. The molecule has 0 spiro atoms. The lowest BCUT2D eigenvalue weighted by atomic mass is 9.81. The van der Waals surface area contributed by atoms with Crippen molar-refractivity contribution in [3.8, 4) is 5.75 Å². The largest absolute Gasteiger partial charge is 0.490 e. The first-order valence-electron chi connectivity index (χ1n) is 14.2. The number of nitrogens with one attached hydrogen (secondary N) is 1. The molecule has 2 unspecified atom stereocenters. The molecule has 6 rings (SSSR count). The molecule has 2 saturated heterocycles. The highest BCUT2D eigenvalue weighted by Gasteiger charge is 2.43. The van der Waals surface area contributed by atoms with Gasteiger partial charge in [-0.15, -0.1) is 0 Å². The molecule has 234 valence electrons. The predicted octanol–water partition coefficient (Wildman–Crippen LogP) is 3.47. The van der Waals surface area contributed by atoms with Crippen LogP contribution in [0.2, 0.25) is 0 Å². The second-order valence-corrected chi connectivity index (χ2v) is 11.4. The molecule has 1 saturated carbocycles. The normalized spacial score (nSPS) is 25.9. The summed E-state index contributed by atoms with van der Waals surface area (Å²) in [5.41, 5.74) is -3.69. The minimum atomic E-state index is -4.83. The fourth-order valence-electron chi connectivity index (χ4n) is 6.42. The number of ether oxygens (including phenoxy) is 2. The van der Waals surface area contributed by atoms with E-state index in [1.54, 1.807) is 4.90 Å². The number of halogens is 6. The van der Waals surface area contributed by atoms with Gasteiger partial charge in [-0.05, 0) is 31.7 Å². The van der Waals surface area contributed by atoms with E-state index in [0.29, 0.717) is 64.1 Å². The Balaban J connectivity index is 1.02. The number of carbonyl (C=O) groups is 1. The third kappa shape index (κ3) is 5.85. The van der Waals surface area contributed by atoms with Crippen LogP contribution in [0.4, 0.5) is 37.8 Å². The zero-order valence-corrected chi connectivity index (χ0v) is 23.0. The summed E-state index contributed by atoms with van der Waals surface area (Å²) >= 11 is 0. The van der Waals surface area contributed by atoms with Crippen molar-refractivity contribution in [1.29, 1.82) is 0 Å². The van der Waals surface area contributed by atoms with Crippen LogP contribution in [-0.2, 0) is 21.9 Å². The fourth-order valence-corrected chi connectivity index (χ4v) is 6.42. The van der Waals surface area contributed by atoms with Crippen LogP contribution in [0.3, 0.4) is 0 Å². The molecule has 2 aromatic heterocycles. The summed E-state index contributed by atoms with van der Waals surface area (Å²) < 4.78 is 91.8. The van der Waals surface area contributed by atoms with E-state index in [-0.39, 0.29) is 54.7 Å². The molecule has 3 fully saturated rings. The van der Waals surface area contributed by atoms with Crippen LogP contribution >= 0.6 is 0 Å². The Morgan fingerprint density at radius 1 is 1.05 bits per heavy atom. The molecule has 16 heteroatoms. The smallest absolute Gasteiger partial charge is 0.423 e. The van der Waals surface area contributed by atoms with Crippen molar-refractivity contribution >= 4 is 17.4 Å². The second kappa shape index (κ2) is 11.2. The molecule has 1 aliphatic carbocycles. The number of pyridine rings is 1. The van der Waals surface area contributed by atoms with Crippen molar-refractivity contribution in [2.45, 2.75) is 62.6 Å². The third-order valence-electron chi connectivity index (χ3n) is 8.71. The Hall–Kier alpha value is -3.56. The minimum Gasteiger partial charge on any atom is -0.490 e. The standard InChI is InChI=1S/C27H30F6N6O4/c28-26(29,30)16-10-21-23(34-11-16)39-6-5-37(13-17(39)3-7-42-21)25(41)15-8-19(9-15)43-14-18-2-1-4-38(18)20-12-35-36-24(40)22(20)27(31,32)33/h10-12,15,17-19H,1-9,13-14H2,(H,36,40). The molecule has 1 N–H and O–H groups in total. The second-order valence-electron chi connectivity index (χ2n) is 11.4. The zero-order chi connectivity index (χ0) is 30.5. The Bertz CT molecular complexity index is 1410. The number of hydrogen-bond donors (Lipinski definition) is 1. The number of carbonyl (C=O) groups excluding carboxylic acids is 1. The molecule has 0 radical (unpaired) electrons. The summed E-state index contributed by atoms with van der Waals surface area (Å²) in [7, 11) is 0. The summed E-state index contributed by atoms with van der Waals surface area (Å²) in [4.78, 5) is 34.4. The molecule has 0 bridgehead atoms. The van der Waals surface area contributed by atoms with Gasteiger partial charge in [-0.25, -0.2) is 10.1 Å². The number of fused-ring (bicyclic) bond motifs is 3. The maximum absolute atomic E-state index is 13.6. The van der Waals surface area contributed by atoms with E-state index < -0.39 is 29.0 Å². The van der Waals surface area contributed by atoms with Gasteiger partial charge in [-0.3, -0.25) is 9.59 Å². The first kappa shape index (κ1) is 29.5. The highest BCUT2D eigenvalue weighted by atomic mass is 19.4. The van der Waals surface area contributed by atoms with Crippen molar-refractivity contribution in [3.63, 3.8) is 0 Å². The molecule has 5 heterocycles. The summed E-state index contributed by atoms with van der Waals surface area (Å²) in [5, 5.41) is 5.43. The average Bonchev–Trinajstić information content (AvgIpc) is 3.31. The van der Waals surface area contributed by atoms with E-state index in [2.05, 4.69) is 10.1 Å². The lowest BCUT2D eigenvalue weighted by Gasteiger charge is -2.44. The van der Waals surface area contributed by atoms with E-state index in [1.807, 2.05) is 10.00 Å². The number of rotatable bonds is 5. The van der Waals surface area contributed by atoms with Crippen LogP contribution in [0.1, 0.15) is 43.2 Å². The van der Waals surface area contributed by atoms with Gasteiger partial charge in [-0.1, -0.05) is 0 Å². The van der Waals surface area contributed by atoms with Crippen molar-refractivity contribution in [2.24, 2.45) is 5.92 Å². The van der Waals surface area contributed by atoms with E-state index in [0.717, 1.165) is 18.5 Å². The number of aromatic amines is 1. The molecule has 3 aliphatic heterocycles. The van der Waals surface area contributed by atoms with Crippen LogP contribution < -0.4 is 20.1 Å². The molecule has 1 amide bonds. The van der Waals surface area contributed by atoms with E-state index in [1.165, 1.54) is 4.90 Å². The maximum atomic E-state index is 13.6. The van der Waals surface area contributed by atoms with Gasteiger partial charge in [0.15, 0.2) is 11.6 Å². The average molecular weight is 617 g/mol. The fraction of sp³-hybridized carbons (Fsp3) is 0.630. The van der Waals surface area contributed by atoms with E-state index in [4.69, 9.17) is 9.47 Å². The van der Waals surface area contributed by atoms with Gasteiger partial charge in [0, 0.05) is 44.7 Å². The van der Waals surface area contributed by atoms with Gasteiger partial charge >= 0.3 is 12.4 Å². The van der Waals surface area contributed by atoms with Gasteiger partial charge in [0.1, 0.15) is 5.56 Å². The van der Waals surface area contributed by atoms with Gasteiger partial charge in [0.05, 0.1) is 48.8 Å². The Labute approximate surface area is 241 Å². The predicted molar refractivity (Wildman–Crippen MR) is 140 cm³/mol. The summed E-state index contributed by atoms with van der Waals surface area (Å²) in [5.74, 6) is 0.171. The molecule has 4 aliphatic rings. The van der Waals surface area contributed by atoms with Crippen molar-refractivity contribution in [3.05, 3.63) is 39.9 Å². The summed E-state index contributed by atoms with van der Waals surface area (Å²) in [6.07, 6.45) is -4.99. The Morgan fingerprint density at radius 2 is 1.84 bits per heavy atom. The van der Waals surface area contributed by atoms with Gasteiger partial charge in [0.25, 0.3) is 5.56 Å². The van der Waals surface area contributed by atoms with Crippen molar-refractivity contribution in [2.75, 3.05) is 49.2 Å². The maximum Gasteiger partial charge on any atom is 0.423 e. The van der Waals surface area contributed by atoms with Gasteiger partial charge in [0.2, 0.25) is 5.91 Å². The first-order valence-corrected chi connectivity index (χ1v) is 14.2. The number of nitrogens with zero attached hydrogens (tertiary/aromatic N) is 5. The number of aromatic nitrogens is 3. The highest BCUT2D eigenvalue weighted by Crippen LogP contribution is 2.40. The Morgan fingerprint density at radius 3 is 2.58 bits per heavy atom. The monoisotopic (exact) mass is 616 g/mol. The van der Waals surface area contributed by atoms with Gasteiger partial charge < -0.3 is 24.2 Å². The lowest BCUT2D eigenvalue weighted by Crippen LogP contribution is -2.57. The number of anilines is 2. The quantitative estimate of drug-likeness (QED) is 0.510. The molecular weight excluding hydrogens is 586 g/mol. The van der Waals surface area contributed by atoms with Crippen LogP contribution in [-0.4, -0.2) is 83.6 Å². The zero-order valence-electron chi connectivity index (χ0n) is 23.0. The van der Waals surface area contributed by atoms with Crippen molar-refractivity contribution < 1.29 is 40.6 Å². The van der Waals surface area contributed by atoms with E-state index >= 15 is 0 Å². The molecule has 43 heavy (non-hydrogen) atoms.